The van der Waals surface area contributed by atoms with Crippen LogP contribution in [0.2, 0.25) is 0 Å². The van der Waals surface area contributed by atoms with Gasteiger partial charge in [-0.15, -0.1) is 0 Å². The highest BCUT2D eigenvalue weighted by atomic mass is 16.3. The first kappa shape index (κ1) is 20.9. The van der Waals surface area contributed by atoms with Crippen LogP contribution in [0.3, 0.4) is 0 Å². The van der Waals surface area contributed by atoms with Crippen molar-refractivity contribution >= 4 is 23.2 Å². The Labute approximate surface area is 190 Å². The molecule has 4 N–H and O–H groups in total. The van der Waals surface area contributed by atoms with Crippen molar-refractivity contribution in [2.75, 3.05) is 11.1 Å². The summed E-state index contributed by atoms with van der Waals surface area (Å²) in [5.41, 5.74) is 8.59. The normalized spacial score (nSPS) is 17.5. The minimum absolute atomic E-state index is 0.0675. The molecule has 33 heavy (non-hydrogen) atoms. The van der Waals surface area contributed by atoms with Crippen molar-refractivity contribution in [3.8, 4) is 17.3 Å². The molecule has 0 spiro atoms. The third kappa shape index (κ3) is 3.36. The number of rotatable bonds is 5. The number of hydrogen-bond acceptors (Lipinski definition) is 7. The highest BCUT2D eigenvalue weighted by Crippen LogP contribution is 2.45. The summed E-state index contributed by atoms with van der Waals surface area (Å²) >= 11 is 0. The lowest BCUT2D eigenvalue weighted by atomic mass is 9.77. The summed E-state index contributed by atoms with van der Waals surface area (Å²) in [6, 6.07) is 6.57. The molecule has 0 saturated carbocycles. The number of nitrogens with two attached hydrogens (primary N) is 1. The summed E-state index contributed by atoms with van der Waals surface area (Å²) in [6.07, 6.45) is 7.16. The first-order valence-corrected chi connectivity index (χ1v) is 10.9. The number of benzene rings is 1. The van der Waals surface area contributed by atoms with Gasteiger partial charge in [0.25, 0.3) is 0 Å². The zero-order valence-corrected chi connectivity index (χ0v) is 18.7. The fourth-order valence-electron chi connectivity index (χ4n) is 4.31. The summed E-state index contributed by atoms with van der Waals surface area (Å²) in [4.78, 5) is 31.5. The van der Waals surface area contributed by atoms with E-state index in [0.717, 1.165) is 24.2 Å². The molecule has 1 aliphatic heterocycles. The Morgan fingerprint density at radius 3 is 2.82 bits per heavy atom. The molecule has 9 heteroatoms. The number of aryl methyl sites for hydroxylation is 1. The smallest absolute Gasteiger partial charge is 0.240 e. The van der Waals surface area contributed by atoms with Gasteiger partial charge in [0, 0.05) is 18.6 Å². The van der Waals surface area contributed by atoms with Crippen molar-refractivity contribution in [3.63, 3.8) is 0 Å². The second-order valence-electron chi connectivity index (χ2n) is 8.95. The van der Waals surface area contributed by atoms with Gasteiger partial charge >= 0.3 is 0 Å². The molecule has 1 atom stereocenters. The van der Waals surface area contributed by atoms with Crippen LogP contribution in [-0.2, 0) is 16.6 Å². The van der Waals surface area contributed by atoms with E-state index in [0.29, 0.717) is 34.4 Å². The van der Waals surface area contributed by atoms with Gasteiger partial charge < -0.3 is 20.6 Å². The van der Waals surface area contributed by atoms with Gasteiger partial charge in [0.05, 0.1) is 11.3 Å². The van der Waals surface area contributed by atoms with E-state index in [2.05, 4.69) is 34.1 Å². The molecule has 4 aromatic rings. The number of imidazole rings is 1. The molecule has 0 radical (unpaired) electrons. The van der Waals surface area contributed by atoms with E-state index in [1.807, 2.05) is 16.8 Å². The molecule has 0 unspecified atom stereocenters. The highest BCUT2D eigenvalue weighted by Gasteiger charge is 2.47. The van der Waals surface area contributed by atoms with Gasteiger partial charge in [-0.3, -0.25) is 4.79 Å². The minimum atomic E-state index is -1.12. The third-order valence-electron chi connectivity index (χ3n) is 6.18. The number of carbonyl (C=O) groups excluding carboxylic acids is 1. The van der Waals surface area contributed by atoms with Gasteiger partial charge in [-0.1, -0.05) is 26.0 Å². The minimum Gasteiger partial charge on any atom is -0.508 e. The van der Waals surface area contributed by atoms with Crippen molar-refractivity contribution in [1.82, 2.24) is 24.3 Å². The summed E-state index contributed by atoms with van der Waals surface area (Å²) in [7, 11) is 0. The maximum atomic E-state index is 13.1. The van der Waals surface area contributed by atoms with Crippen molar-refractivity contribution in [2.45, 2.75) is 39.0 Å². The van der Waals surface area contributed by atoms with Crippen LogP contribution < -0.4 is 11.1 Å². The molecule has 0 bridgehead atoms. The fraction of sp³-hybridized carbons (Fsp3) is 0.292. The molecule has 0 saturated heterocycles. The topological polar surface area (TPSA) is 131 Å². The number of carbonyl (C=O) groups is 1. The van der Waals surface area contributed by atoms with E-state index >= 15 is 0 Å². The third-order valence-corrected chi connectivity index (χ3v) is 6.18. The molecule has 0 aliphatic carbocycles. The summed E-state index contributed by atoms with van der Waals surface area (Å²) in [6.45, 7) is 6.09. The van der Waals surface area contributed by atoms with Crippen molar-refractivity contribution in [2.24, 2.45) is 5.92 Å². The maximum Gasteiger partial charge on any atom is 0.240 e. The summed E-state index contributed by atoms with van der Waals surface area (Å²) in [5, 5.41) is 12.8. The van der Waals surface area contributed by atoms with Crippen molar-refractivity contribution in [1.29, 1.82) is 0 Å². The summed E-state index contributed by atoms with van der Waals surface area (Å²) in [5.74, 6) is 1.19. The average Bonchev–Trinajstić information content (AvgIpc) is 3.35. The van der Waals surface area contributed by atoms with Crippen LogP contribution in [0.5, 0.6) is 5.75 Å². The lowest BCUT2D eigenvalue weighted by Crippen LogP contribution is -2.32. The maximum absolute atomic E-state index is 13.1. The number of anilines is 2. The van der Waals surface area contributed by atoms with Crippen LogP contribution in [0.4, 0.5) is 11.6 Å². The molecule has 1 amide bonds. The molecule has 5 rings (SSSR count). The quantitative estimate of drug-likeness (QED) is 0.431. The zero-order chi connectivity index (χ0) is 23.3. The van der Waals surface area contributed by atoms with Gasteiger partial charge in [0.2, 0.25) is 5.91 Å². The molecule has 4 heterocycles. The Balaban J connectivity index is 1.62. The van der Waals surface area contributed by atoms with E-state index in [1.54, 1.807) is 37.4 Å². The number of phenolic OH excluding ortho intramolecular Hbond substituents is 1. The second kappa shape index (κ2) is 7.54. The largest absolute Gasteiger partial charge is 0.508 e. The number of nitrogen functional groups attached to an aromatic ring is 1. The molecular formula is C24H25N7O2. The van der Waals surface area contributed by atoms with E-state index < -0.39 is 5.41 Å². The molecule has 1 aromatic carbocycles. The molecule has 0 fully saturated rings. The second-order valence-corrected chi connectivity index (χ2v) is 8.95. The van der Waals surface area contributed by atoms with Crippen molar-refractivity contribution in [3.05, 3.63) is 59.7 Å². The van der Waals surface area contributed by atoms with Gasteiger partial charge in [0.15, 0.2) is 11.5 Å². The number of aromatic nitrogens is 5. The number of nitrogens with one attached hydrogen (secondary N) is 1. The zero-order valence-electron chi connectivity index (χ0n) is 18.7. The molecule has 168 valence electrons. The standard InChI is InChI=1S/C24H25N7O2/c1-13(2)7-8-16-22-26-9-10-31(22)12-17(27-16)20-28-19(25)18-21(29-20)30-23(33)24(18,3)14-5-4-6-15(32)11-14/h4-6,9-13,32H,7-8H2,1-3H3,(H3,25,28,29,30,33)/t24-/m0/s1. The monoisotopic (exact) mass is 443 g/mol. The van der Waals surface area contributed by atoms with Crippen LogP contribution in [0, 0.1) is 5.92 Å². The number of fused-ring (bicyclic) bond motifs is 2. The van der Waals surface area contributed by atoms with Crippen LogP contribution in [-0.4, -0.2) is 35.4 Å². The van der Waals surface area contributed by atoms with Gasteiger partial charge in [-0.25, -0.2) is 19.9 Å². The first-order valence-electron chi connectivity index (χ1n) is 10.9. The molecular weight excluding hydrogens is 418 g/mol. The highest BCUT2D eigenvalue weighted by molar-refractivity contribution is 6.09. The molecule has 9 nitrogen and oxygen atoms in total. The predicted octanol–water partition coefficient (Wildman–Crippen LogP) is 3.32. The summed E-state index contributed by atoms with van der Waals surface area (Å²) < 4.78 is 1.90. The van der Waals surface area contributed by atoms with E-state index in [4.69, 9.17) is 10.7 Å². The average molecular weight is 444 g/mol. The lowest BCUT2D eigenvalue weighted by molar-refractivity contribution is -0.119. The van der Waals surface area contributed by atoms with Crippen molar-refractivity contribution < 1.29 is 9.90 Å². The van der Waals surface area contributed by atoms with E-state index in [-0.39, 0.29) is 17.5 Å². The van der Waals surface area contributed by atoms with Crippen LogP contribution in [0.1, 0.15) is 44.0 Å². The van der Waals surface area contributed by atoms with Crippen LogP contribution >= 0.6 is 0 Å². The number of hydrogen-bond donors (Lipinski definition) is 3. The number of aromatic hydroxyl groups is 1. The molecule has 3 aromatic heterocycles. The lowest BCUT2D eigenvalue weighted by Gasteiger charge is -2.23. The van der Waals surface area contributed by atoms with Crippen LogP contribution in [0.25, 0.3) is 17.2 Å². The Morgan fingerprint density at radius 2 is 2.06 bits per heavy atom. The SMILES string of the molecule is CC(C)CCc1nc(-c2nc(N)c3c(n2)NC(=O)[C@@]3(C)c2cccc(O)c2)cn2ccnc12. The Bertz CT molecular complexity index is 1400. The molecule has 1 aliphatic rings. The van der Waals surface area contributed by atoms with Gasteiger partial charge in [-0.05, 0) is 43.4 Å². The van der Waals surface area contributed by atoms with E-state index in [1.165, 1.54) is 0 Å². The van der Waals surface area contributed by atoms with Gasteiger partial charge in [-0.2, -0.15) is 0 Å². The number of amides is 1. The number of phenols is 1. The van der Waals surface area contributed by atoms with Crippen LogP contribution in [0.15, 0.2) is 42.9 Å². The fourth-order valence-corrected chi connectivity index (χ4v) is 4.31. The Kier molecular flexibility index (Phi) is 4.77. The van der Waals surface area contributed by atoms with Gasteiger partial charge in [0.1, 0.15) is 28.5 Å². The first-order chi connectivity index (χ1) is 15.8. The number of nitrogens with zero attached hydrogens (tertiary/aromatic N) is 5. The predicted molar refractivity (Wildman–Crippen MR) is 125 cm³/mol. The van der Waals surface area contributed by atoms with E-state index in [9.17, 15) is 9.90 Å². The Hall–Kier alpha value is -4.01. The Morgan fingerprint density at radius 1 is 1.24 bits per heavy atom.